The first-order chi connectivity index (χ1) is 13.5. The largest absolute Gasteiger partial charge is 0.493 e. The third kappa shape index (κ3) is 3.67. The molecule has 7 nitrogen and oxygen atoms in total. The van der Waals surface area contributed by atoms with Crippen molar-refractivity contribution in [2.75, 3.05) is 45.9 Å². The number of anilines is 1. The molecule has 2 aromatic rings. The van der Waals surface area contributed by atoms with E-state index in [-0.39, 0.29) is 11.9 Å². The lowest BCUT2D eigenvalue weighted by Crippen LogP contribution is -2.54. The predicted octanol–water partition coefficient (Wildman–Crippen LogP) is 2.60. The van der Waals surface area contributed by atoms with Gasteiger partial charge >= 0.3 is 0 Å². The molecule has 2 heterocycles. The summed E-state index contributed by atoms with van der Waals surface area (Å²) in [6.07, 6.45) is 0. The molecule has 28 heavy (non-hydrogen) atoms. The van der Waals surface area contributed by atoms with Crippen molar-refractivity contribution in [1.82, 2.24) is 9.88 Å². The van der Waals surface area contributed by atoms with Crippen molar-refractivity contribution in [1.29, 1.82) is 0 Å². The summed E-state index contributed by atoms with van der Waals surface area (Å²) in [7, 11) is 4.52. The van der Waals surface area contributed by atoms with Crippen LogP contribution < -0.4 is 19.1 Å². The number of halogens is 1. The molecule has 0 N–H and O–H groups in total. The molecule has 1 fully saturated rings. The Kier molecular flexibility index (Phi) is 5.87. The molecular formula is C20H24FN3O4. The molecule has 1 aromatic heterocycles. The minimum atomic E-state index is -0.515. The molecular weight excluding hydrogens is 365 g/mol. The molecule has 8 heteroatoms. The van der Waals surface area contributed by atoms with E-state index in [2.05, 4.69) is 4.98 Å². The van der Waals surface area contributed by atoms with E-state index in [9.17, 15) is 9.18 Å². The summed E-state index contributed by atoms with van der Waals surface area (Å²) in [6.45, 7) is 3.50. The molecule has 1 saturated heterocycles. The van der Waals surface area contributed by atoms with Gasteiger partial charge in [0.05, 0.1) is 26.9 Å². The predicted molar refractivity (Wildman–Crippen MR) is 103 cm³/mol. The zero-order valence-electron chi connectivity index (χ0n) is 16.4. The Balaban J connectivity index is 1.81. The van der Waals surface area contributed by atoms with E-state index >= 15 is 0 Å². The van der Waals surface area contributed by atoms with E-state index in [1.165, 1.54) is 27.4 Å². The van der Waals surface area contributed by atoms with E-state index < -0.39 is 5.95 Å². The number of rotatable bonds is 5. The zero-order chi connectivity index (χ0) is 20.3. The van der Waals surface area contributed by atoms with Gasteiger partial charge in [-0.2, -0.15) is 4.39 Å². The molecule has 0 radical (unpaired) electrons. The number of piperazine rings is 1. The Labute approximate surface area is 163 Å². The van der Waals surface area contributed by atoms with Gasteiger partial charge in [0.25, 0.3) is 5.91 Å². The molecule has 1 aliphatic rings. The molecule has 0 spiro atoms. The van der Waals surface area contributed by atoms with Crippen LogP contribution in [0.25, 0.3) is 0 Å². The van der Waals surface area contributed by atoms with E-state index in [0.717, 1.165) is 0 Å². The van der Waals surface area contributed by atoms with Gasteiger partial charge in [0.1, 0.15) is 5.82 Å². The Morgan fingerprint density at radius 3 is 2.43 bits per heavy atom. The number of aromatic nitrogens is 1. The first-order valence-electron chi connectivity index (χ1n) is 8.97. The fourth-order valence-electron chi connectivity index (χ4n) is 3.48. The van der Waals surface area contributed by atoms with Gasteiger partial charge in [0, 0.05) is 25.7 Å². The second-order valence-electron chi connectivity index (χ2n) is 6.49. The number of carbonyl (C=O) groups is 1. The molecule has 1 aromatic carbocycles. The van der Waals surface area contributed by atoms with Crippen LogP contribution in [0.1, 0.15) is 17.3 Å². The second-order valence-corrected chi connectivity index (χ2v) is 6.49. The normalized spacial score (nSPS) is 16.7. The lowest BCUT2D eigenvalue weighted by Gasteiger charge is -2.40. The van der Waals surface area contributed by atoms with Crippen LogP contribution in [-0.2, 0) is 0 Å². The van der Waals surface area contributed by atoms with E-state index in [1.54, 1.807) is 29.2 Å². The molecule has 1 unspecified atom stereocenters. The van der Waals surface area contributed by atoms with Gasteiger partial charge in [-0.15, -0.1) is 0 Å². The third-order valence-corrected chi connectivity index (χ3v) is 4.84. The SMILES string of the molecule is COc1ccc(C(=O)N2CCN(c3cccc(F)n3)C(C)C2)c(OC)c1OC. The third-order valence-electron chi connectivity index (χ3n) is 4.84. The van der Waals surface area contributed by atoms with Gasteiger partial charge in [0.15, 0.2) is 11.5 Å². The smallest absolute Gasteiger partial charge is 0.257 e. The molecule has 1 aliphatic heterocycles. The molecule has 150 valence electrons. The maximum atomic E-state index is 13.5. The molecule has 1 atom stereocenters. The number of pyridine rings is 1. The number of amides is 1. The molecule has 3 rings (SSSR count). The van der Waals surface area contributed by atoms with Gasteiger partial charge in [0.2, 0.25) is 11.7 Å². The van der Waals surface area contributed by atoms with Crippen LogP contribution in [0.3, 0.4) is 0 Å². The fraction of sp³-hybridized carbons (Fsp3) is 0.400. The number of ether oxygens (including phenoxy) is 3. The number of benzene rings is 1. The van der Waals surface area contributed by atoms with E-state index in [4.69, 9.17) is 14.2 Å². The Bertz CT molecular complexity index is 861. The standard InChI is InChI=1S/C20H24FN3O4/c1-13-12-23(10-11-24(13)17-7-5-6-16(21)22-17)20(25)14-8-9-15(26-2)19(28-4)18(14)27-3/h5-9,13H,10-12H2,1-4H3. The molecule has 1 amide bonds. The minimum absolute atomic E-state index is 0.0156. The minimum Gasteiger partial charge on any atom is -0.493 e. The summed E-state index contributed by atoms with van der Waals surface area (Å²) in [4.78, 5) is 20.8. The van der Waals surface area contributed by atoms with Gasteiger partial charge in [-0.25, -0.2) is 4.98 Å². The number of methoxy groups -OCH3 is 3. The number of hydrogen-bond donors (Lipinski definition) is 0. The highest BCUT2D eigenvalue weighted by molar-refractivity contribution is 5.98. The van der Waals surface area contributed by atoms with Crippen LogP contribution in [0.2, 0.25) is 0 Å². The van der Waals surface area contributed by atoms with Crippen molar-refractivity contribution >= 4 is 11.7 Å². The van der Waals surface area contributed by atoms with Crippen LogP contribution in [-0.4, -0.2) is 62.8 Å². The summed E-state index contributed by atoms with van der Waals surface area (Å²) in [5.41, 5.74) is 0.407. The lowest BCUT2D eigenvalue weighted by molar-refractivity contribution is 0.0721. The van der Waals surface area contributed by atoms with Crippen molar-refractivity contribution in [3.63, 3.8) is 0 Å². The van der Waals surface area contributed by atoms with Gasteiger partial charge < -0.3 is 24.0 Å². The van der Waals surface area contributed by atoms with Crippen molar-refractivity contribution in [2.45, 2.75) is 13.0 Å². The summed E-state index contributed by atoms with van der Waals surface area (Å²) in [5.74, 6) is 1.12. The first kappa shape index (κ1) is 19.7. The van der Waals surface area contributed by atoms with Crippen molar-refractivity contribution in [2.24, 2.45) is 0 Å². The Morgan fingerprint density at radius 1 is 1.07 bits per heavy atom. The zero-order valence-corrected chi connectivity index (χ0v) is 16.4. The van der Waals surface area contributed by atoms with Gasteiger partial charge in [-0.1, -0.05) is 6.07 Å². The topological polar surface area (TPSA) is 64.1 Å². The maximum Gasteiger partial charge on any atom is 0.257 e. The van der Waals surface area contributed by atoms with E-state index in [1.807, 2.05) is 11.8 Å². The fourth-order valence-corrected chi connectivity index (χ4v) is 3.48. The number of nitrogens with zero attached hydrogens (tertiary/aromatic N) is 3. The highest BCUT2D eigenvalue weighted by atomic mass is 19.1. The average molecular weight is 389 g/mol. The average Bonchev–Trinajstić information content (AvgIpc) is 2.71. The maximum absolute atomic E-state index is 13.5. The summed E-state index contributed by atoms with van der Waals surface area (Å²) >= 11 is 0. The summed E-state index contributed by atoms with van der Waals surface area (Å²) in [5, 5.41) is 0. The first-order valence-corrected chi connectivity index (χ1v) is 8.97. The van der Waals surface area contributed by atoms with Crippen LogP contribution in [0, 0.1) is 5.95 Å². The van der Waals surface area contributed by atoms with Crippen LogP contribution >= 0.6 is 0 Å². The summed E-state index contributed by atoms with van der Waals surface area (Å²) in [6, 6.07) is 8.07. The monoisotopic (exact) mass is 389 g/mol. The lowest BCUT2D eigenvalue weighted by atomic mass is 10.1. The highest BCUT2D eigenvalue weighted by Crippen LogP contribution is 2.40. The van der Waals surface area contributed by atoms with E-state index in [0.29, 0.717) is 48.3 Å². The number of hydrogen-bond acceptors (Lipinski definition) is 6. The Hall–Kier alpha value is -3.03. The number of carbonyl (C=O) groups excluding carboxylic acids is 1. The molecule has 0 bridgehead atoms. The van der Waals surface area contributed by atoms with Crippen LogP contribution in [0.4, 0.5) is 10.2 Å². The van der Waals surface area contributed by atoms with Gasteiger partial charge in [-0.05, 0) is 31.2 Å². The van der Waals surface area contributed by atoms with Gasteiger partial charge in [-0.3, -0.25) is 4.79 Å². The second kappa shape index (κ2) is 8.33. The molecule has 0 aliphatic carbocycles. The molecule has 0 saturated carbocycles. The van der Waals surface area contributed by atoms with Crippen molar-refractivity contribution in [3.8, 4) is 17.2 Å². The quantitative estimate of drug-likeness (QED) is 0.733. The Morgan fingerprint density at radius 2 is 1.82 bits per heavy atom. The van der Waals surface area contributed by atoms with Crippen molar-refractivity contribution in [3.05, 3.63) is 41.8 Å². The van der Waals surface area contributed by atoms with Crippen LogP contribution in [0.15, 0.2) is 30.3 Å². The van der Waals surface area contributed by atoms with Crippen LogP contribution in [0.5, 0.6) is 17.2 Å². The summed E-state index contributed by atoms with van der Waals surface area (Å²) < 4.78 is 29.5. The van der Waals surface area contributed by atoms with Crippen molar-refractivity contribution < 1.29 is 23.4 Å². The highest BCUT2D eigenvalue weighted by Gasteiger charge is 2.31.